The fourth-order valence-corrected chi connectivity index (χ4v) is 2.35. The van der Waals surface area contributed by atoms with Crippen LogP contribution < -0.4 is 5.32 Å². The zero-order valence-corrected chi connectivity index (χ0v) is 11.9. The van der Waals surface area contributed by atoms with E-state index < -0.39 is 0 Å². The minimum absolute atomic E-state index is 0.138. The van der Waals surface area contributed by atoms with E-state index in [-0.39, 0.29) is 6.03 Å². The molecule has 2 aromatic heterocycles. The molecule has 0 aliphatic carbocycles. The molecule has 0 spiro atoms. The molecule has 1 N–H and O–H groups in total. The number of urea groups is 1. The minimum Gasteiger partial charge on any atom is -0.468 e. The van der Waals surface area contributed by atoms with Gasteiger partial charge in [0.1, 0.15) is 11.5 Å². The number of rotatable bonds is 3. The highest BCUT2D eigenvalue weighted by Crippen LogP contribution is 2.11. The van der Waals surface area contributed by atoms with E-state index in [4.69, 9.17) is 8.94 Å². The molecule has 7 heteroatoms. The van der Waals surface area contributed by atoms with Crippen LogP contribution in [0.15, 0.2) is 33.4 Å². The van der Waals surface area contributed by atoms with Crippen LogP contribution in [0.25, 0.3) is 0 Å². The van der Waals surface area contributed by atoms with Gasteiger partial charge in [-0.3, -0.25) is 10.2 Å². The molecule has 0 aromatic carbocycles. The molecular formula is C14H18N4O3. The Kier molecular flexibility index (Phi) is 3.92. The number of furan rings is 1. The summed E-state index contributed by atoms with van der Waals surface area (Å²) in [6.45, 7) is 5.59. The predicted octanol–water partition coefficient (Wildman–Crippen LogP) is 1.93. The molecule has 3 heterocycles. The molecule has 112 valence electrons. The fourth-order valence-electron chi connectivity index (χ4n) is 2.35. The largest absolute Gasteiger partial charge is 0.468 e. The molecule has 0 atom stereocenters. The summed E-state index contributed by atoms with van der Waals surface area (Å²) < 4.78 is 10.3. The van der Waals surface area contributed by atoms with Crippen molar-refractivity contribution in [2.45, 2.75) is 13.5 Å². The number of piperazine rings is 1. The Labute approximate surface area is 122 Å². The maximum Gasteiger partial charge on any atom is 0.323 e. The highest BCUT2D eigenvalue weighted by atomic mass is 16.5. The molecule has 3 rings (SSSR count). The summed E-state index contributed by atoms with van der Waals surface area (Å²) in [6, 6.07) is 5.41. The molecule has 21 heavy (non-hydrogen) atoms. The second kappa shape index (κ2) is 6.01. The summed E-state index contributed by atoms with van der Waals surface area (Å²) in [5, 5.41) is 6.50. The maximum absolute atomic E-state index is 12.1. The predicted molar refractivity (Wildman–Crippen MR) is 75.8 cm³/mol. The van der Waals surface area contributed by atoms with Gasteiger partial charge in [0.05, 0.1) is 12.8 Å². The van der Waals surface area contributed by atoms with Crippen LogP contribution in [0, 0.1) is 6.92 Å². The number of aryl methyl sites for hydroxylation is 1. The molecule has 1 fully saturated rings. The van der Waals surface area contributed by atoms with Gasteiger partial charge in [-0.25, -0.2) is 4.79 Å². The van der Waals surface area contributed by atoms with Gasteiger partial charge in [-0.1, -0.05) is 5.16 Å². The first-order valence-corrected chi connectivity index (χ1v) is 6.95. The summed E-state index contributed by atoms with van der Waals surface area (Å²) in [6.07, 6.45) is 1.68. The maximum atomic E-state index is 12.1. The van der Waals surface area contributed by atoms with Crippen molar-refractivity contribution in [1.29, 1.82) is 0 Å². The second-order valence-electron chi connectivity index (χ2n) is 5.10. The van der Waals surface area contributed by atoms with E-state index in [9.17, 15) is 4.79 Å². The molecule has 1 aliphatic rings. The summed E-state index contributed by atoms with van der Waals surface area (Å²) in [4.78, 5) is 16.1. The first-order chi connectivity index (χ1) is 10.2. The lowest BCUT2D eigenvalue weighted by Gasteiger charge is -2.33. The standard InChI is InChI=1S/C14H18N4O3/c1-11-9-13(16-21-11)15-14(19)18-6-4-17(5-7-18)10-12-3-2-8-20-12/h2-3,8-9H,4-7,10H2,1H3,(H,15,16,19). The van der Waals surface area contributed by atoms with Crippen LogP contribution in [0.2, 0.25) is 0 Å². The van der Waals surface area contributed by atoms with Crippen molar-refractivity contribution in [2.75, 3.05) is 31.5 Å². The number of carbonyl (C=O) groups excluding carboxylic acids is 1. The second-order valence-corrected chi connectivity index (χ2v) is 5.10. The quantitative estimate of drug-likeness (QED) is 0.934. The van der Waals surface area contributed by atoms with Crippen LogP contribution in [0.1, 0.15) is 11.5 Å². The Bertz CT molecular complexity index is 585. The van der Waals surface area contributed by atoms with Crippen molar-refractivity contribution in [3.63, 3.8) is 0 Å². The Morgan fingerprint density at radius 1 is 1.38 bits per heavy atom. The van der Waals surface area contributed by atoms with Crippen LogP contribution in [-0.4, -0.2) is 47.2 Å². The van der Waals surface area contributed by atoms with E-state index in [2.05, 4.69) is 15.4 Å². The van der Waals surface area contributed by atoms with Gasteiger partial charge in [0, 0.05) is 32.2 Å². The summed E-state index contributed by atoms with van der Waals surface area (Å²) in [7, 11) is 0. The van der Waals surface area contributed by atoms with Crippen molar-refractivity contribution < 1.29 is 13.7 Å². The summed E-state index contributed by atoms with van der Waals surface area (Å²) in [5.74, 6) is 2.08. The molecule has 1 aliphatic heterocycles. The summed E-state index contributed by atoms with van der Waals surface area (Å²) in [5.41, 5.74) is 0. The molecule has 0 unspecified atom stereocenters. The SMILES string of the molecule is Cc1cc(NC(=O)N2CCN(Cc3ccco3)CC2)no1. The lowest BCUT2D eigenvalue weighted by Crippen LogP contribution is -2.49. The van der Waals surface area contributed by atoms with Crippen LogP contribution in [0.5, 0.6) is 0 Å². The van der Waals surface area contributed by atoms with Gasteiger partial charge in [-0.05, 0) is 19.1 Å². The Morgan fingerprint density at radius 3 is 2.81 bits per heavy atom. The number of nitrogens with one attached hydrogen (secondary N) is 1. The van der Waals surface area contributed by atoms with E-state index in [1.54, 1.807) is 24.2 Å². The van der Waals surface area contributed by atoms with Crippen LogP contribution in [0.3, 0.4) is 0 Å². The normalized spacial score (nSPS) is 16.1. The minimum atomic E-state index is -0.138. The van der Waals surface area contributed by atoms with Crippen molar-refractivity contribution >= 4 is 11.8 Å². The Hall–Kier alpha value is -2.28. The number of amides is 2. The molecule has 7 nitrogen and oxygen atoms in total. The van der Waals surface area contributed by atoms with E-state index in [0.29, 0.717) is 24.7 Å². The van der Waals surface area contributed by atoms with Gasteiger partial charge in [0.15, 0.2) is 5.82 Å². The number of anilines is 1. The van der Waals surface area contributed by atoms with E-state index in [1.807, 2.05) is 12.1 Å². The topological polar surface area (TPSA) is 74.8 Å². The number of carbonyl (C=O) groups is 1. The summed E-state index contributed by atoms with van der Waals surface area (Å²) >= 11 is 0. The third-order valence-electron chi connectivity index (χ3n) is 3.48. The van der Waals surface area contributed by atoms with Crippen LogP contribution >= 0.6 is 0 Å². The number of hydrogen-bond donors (Lipinski definition) is 1. The molecule has 2 amide bonds. The van der Waals surface area contributed by atoms with Gasteiger partial charge in [0.2, 0.25) is 0 Å². The average molecular weight is 290 g/mol. The molecule has 0 bridgehead atoms. The van der Waals surface area contributed by atoms with Gasteiger partial charge >= 0.3 is 6.03 Å². The average Bonchev–Trinajstić information content (AvgIpc) is 3.12. The van der Waals surface area contributed by atoms with E-state index >= 15 is 0 Å². The van der Waals surface area contributed by atoms with E-state index in [0.717, 1.165) is 25.4 Å². The smallest absolute Gasteiger partial charge is 0.323 e. The highest BCUT2D eigenvalue weighted by molar-refractivity contribution is 5.88. The lowest BCUT2D eigenvalue weighted by molar-refractivity contribution is 0.137. The Balaban J connectivity index is 1.47. The number of hydrogen-bond acceptors (Lipinski definition) is 5. The van der Waals surface area contributed by atoms with Crippen molar-refractivity contribution in [3.8, 4) is 0 Å². The molecule has 1 saturated heterocycles. The third-order valence-corrected chi connectivity index (χ3v) is 3.48. The molecule has 0 saturated carbocycles. The number of nitrogens with zero attached hydrogens (tertiary/aromatic N) is 3. The first kappa shape index (κ1) is 13.7. The highest BCUT2D eigenvalue weighted by Gasteiger charge is 2.22. The molecule has 0 radical (unpaired) electrons. The van der Waals surface area contributed by atoms with Gasteiger partial charge in [-0.15, -0.1) is 0 Å². The van der Waals surface area contributed by atoms with Crippen molar-refractivity contribution in [2.24, 2.45) is 0 Å². The third kappa shape index (κ3) is 3.43. The molecule has 2 aromatic rings. The van der Waals surface area contributed by atoms with E-state index in [1.165, 1.54) is 0 Å². The van der Waals surface area contributed by atoms with Crippen LogP contribution in [-0.2, 0) is 6.54 Å². The van der Waals surface area contributed by atoms with Crippen LogP contribution in [0.4, 0.5) is 10.6 Å². The van der Waals surface area contributed by atoms with Gasteiger partial charge in [0.25, 0.3) is 0 Å². The first-order valence-electron chi connectivity index (χ1n) is 6.95. The lowest BCUT2D eigenvalue weighted by atomic mass is 10.3. The van der Waals surface area contributed by atoms with Gasteiger partial charge < -0.3 is 13.8 Å². The number of aromatic nitrogens is 1. The fraction of sp³-hybridized carbons (Fsp3) is 0.429. The van der Waals surface area contributed by atoms with Crippen molar-refractivity contribution in [1.82, 2.24) is 15.0 Å². The monoisotopic (exact) mass is 290 g/mol. The zero-order valence-electron chi connectivity index (χ0n) is 11.9. The zero-order chi connectivity index (χ0) is 14.7. The van der Waals surface area contributed by atoms with Gasteiger partial charge in [-0.2, -0.15) is 0 Å². The Morgan fingerprint density at radius 2 is 2.19 bits per heavy atom. The molecular weight excluding hydrogens is 272 g/mol. The van der Waals surface area contributed by atoms with Crippen molar-refractivity contribution in [3.05, 3.63) is 36.0 Å².